The third kappa shape index (κ3) is 9.41. The summed E-state index contributed by atoms with van der Waals surface area (Å²) in [7, 11) is -3.63. The van der Waals surface area contributed by atoms with Crippen LogP contribution in [0.3, 0.4) is 0 Å². The molecule has 0 radical (unpaired) electrons. The maximum atomic E-state index is 12.9. The lowest BCUT2D eigenvalue weighted by molar-refractivity contribution is -0.137. The van der Waals surface area contributed by atoms with Crippen molar-refractivity contribution in [3.05, 3.63) is 77.3 Å². The number of rotatable bonds is 14. The van der Waals surface area contributed by atoms with E-state index < -0.39 is 16.0 Å². The number of nitrogens with one attached hydrogen (secondary N) is 1. The third-order valence-corrected chi connectivity index (χ3v) is 8.06. The summed E-state index contributed by atoms with van der Waals surface area (Å²) < 4.78 is 28.6. The molecule has 2 N–H and O–H groups in total. The maximum Gasteiger partial charge on any atom is 0.303 e. The maximum absolute atomic E-state index is 12.9. The first-order valence-corrected chi connectivity index (χ1v) is 14.1. The van der Waals surface area contributed by atoms with Crippen LogP contribution in [-0.2, 0) is 21.2 Å². The Balaban J connectivity index is 1.54. The number of sulfonamides is 1. The zero-order valence-electron chi connectivity index (χ0n) is 20.0. The molecule has 1 fully saturated rings. The molecule has 0 amide bonds. The number of carboxylic acid groups (broad SMARTS) is 1. The average Bonchev–Trinajstić information content (AvgIpc) is 3.19. The molecule has 190 valence electrons. The van der Waals surface area contributed by atoms with Crippen molar-refractivity contribution in [2.24, 2.45) is 0 Å². The number of aliphatic carboxylic acids is 1. The van der Waals surface area contributed by atoms with E-state index in [9.17, 15) is 13.2 Å². The highest BCUT2D eigenvalue weighted by Crippen LogP contribution is 2.23. The van der Waals surface area contributed by atoms with Crippen molar-refractivity contribution in [3.63, 3.8) is 0 Å². The highest BCUT2D eigenvalue weighted by molar-refractivity contribution is 7.89. The monoisotopic (exact) mass is 518 g/mol. The van der Waals surface area contributed by atoms with Gasteiger partial charge in [0.1, 0.15) is 0 Å². The molecule has 0 bridgehead atoms. The van der Waals surface area contributed by atoms with Crippen molar-refractivity contribution in [2.75, 3.05) is 13.1 Å². The van der Waals surface area contributed by atoms with Gasteiger partial charge in [0.15, 0.2) is 0 Å². The molecule has 35 heavy (non-hydrogen) atoms. The first kappa shape index (κ1) is 27.4. The van der Waals surface area contributed by atoms with E-state index in [0.717, 1.165) is 32.2 Å². The highest BCUT2D eigenvalue weighted by atomic mass is 35.5. The number of allylic oxidation sites excluding steroid dienone is 1. The minimum absolute atomic E-state index is 0.131. The number of hydrogen-bond donors (Lipinski definition) is 2. The van der Waals surface area contributed by atoms with E-state index in [1.165, 1.54) is 17.7 Å². The second-order valence-corrected chi connectivity index (χ2v) is 11.2. The molecule has 0 unspecified atom stereocenters. The Bertz CT molecular complexity index is 1060. The first-order valence-electron chi connectivity index (χ1n) is 12.3. The van der Waals surface area contributed by atoms with Crippen LogP contribution >= 0.6 is 11.6 Å². The summed E-state index contributed by atoms with van der Waals surface area (Å²) in [5, 5.41) is 9.32. The van der Waals surface area contributed by atoms with E-state index in [1.807, 2.05) is 12.1 Å². The molecule has 0 spiro atoms. The minimum Gasteiger partial charge on any atom is -0.481 e. The van der Waals surface area contributed by atoms with Gasteiger partial charge in [0, 0.05) is 30.1 Å². The van der Waals surface area contributed by atoms with Crippen LogP contribution in [0.2, 0.25) is 5.02 Å². The second-order valence-electron chi connectivity index (χ2n) is 9.08. The van der Waals surface area contributed by atoms with Gasteiger partial charge >= 0.3 is 5.97 Å². The summed E-state index contributed by atoms with van der Waals surface area (Å²) in [6.45, 7) is 1.55. The van der Waals surface area contributed by atoms with Crippen LogP contribution in [0, 0.1) is 0 Å². The number of halogens is 1. The van der Waals surface area contributed by atoms with E-state index in [0.29, 0.717) is 30.8 Å². The molecule has 2 aromatic rings. The number of nitrogens with zero attached hydrogens (tertiary/aromatic N) is 1. The number of likely N-dealkylation sites (tertiary alicyclic amines) is 1. The fraction of sp³-hybridized carbons (Fsp3) is 0.444. The standard InChI is InChI=1S/C27H35ClN2O4S/c28-23-15-17-26(18-16-23)35(33,34)29-24-20-25(13-7-2-8-14-27(31)32)30(21-24)19-9-3-6-12-22-10-4-1-5-11-22/h1,4-5,7,10-11,13,15-18,24-25,29H,2-3,6,8-9,12,14,19-21H2,(H,31,32)/t24-,25-/m1/s1. The van der Waals surface area contributed by atoms with Gasteiger partial charge in [-0.3, -0.25) is 9.69 Å². The summed E-state index contributed by atoms with van der Waals surface area (Å²) >= 11 is 5.90. The minimum atomic E-state index is -3.63. The van der Waals surface area contributed by atoms with Crippen molar-refractivity contribution < 1.29 is 18.3 Å². The van der Waals surface area contributed by atoms with E-state index >= 15 is 0 Å². The Labute approximate surface area is 214 Å². The topological polar surface area (TPSA) is 86.7 Å². The predicted molar refractivity (Wildman–Crippen MR) is 140 cm³/mol. The SMILES string of the molecule is O=C(O)CCCC=C[C@@H]1C[C@@H](NS(=O)(=O)c2ccc(Cl)cc2)CN1CCCCCc1ccccc1. The van der Waals surface area contributed by atoms with Crippen LogP contribution in [0.25, 0.3) is 0 Å². The van der Waals surface area contributed by atoms with Gasteiger partial charge in [-0.2, -0.15) is 0 Å². The average molecular weight is 519 g/mol. The molecule has 6 nitrogen and oxygen atoms in total. The number of aryl methyl sites for hydroxylation is 1. The molecule has 2 atom stereocenters. The van der Waals surface area contributed by atoms with Gasteiger partial charge in [-0.1, -0.05) is 60.5 Å². The van der Waals surface area contributed by atoms with Gasteiger partial charge in [-0.25, -0.2) is 13.1 Å². The summed E-state index contributed by atoms with van der Waals surface area (Å²) in [6, 6.07) is 16.6. The van der Waals surface area contributed by atoms with Gasteiger partial charge in [-0.05, 0) is 74.9 Å². The molecule has 1 heterocycles. The fourth-order valence-electron chi connectivity index (χ4n) is 4.47. The smallest absolute Gasteiger partial charge is 0.303 e. The molecule has 0 aliphatic carbocycles. The lowest BCUT2D eigenvalue weighted by atomic mass is 10.1. The summed E-state index contributed by atoms with van der Waals surface area (Å²) in [4.78, 5) is 13.3. The molecule has 1 saturated heterocycles. The van der Waals surface area contributed by atoms with E-state index in [2.05, 4.69) is 40.0 Å². The molecular weight excluding hydrogens is 484 g/mol. The molecule has 8 heteroatoms. The Hall–Kier alpha value is -2.19. The van der Waals surface area contributed by atoms with E-state index in [4.69, 9.17) is 16.7 Å². The summed E-state index contributed by atoms with van der Waals surface area (Å²) in [5.74, 6) is -0.784. The lowest BCUT2D eigenvalue weighted by Gasteiger charge is -2.21. The molecule has 0 saturated carbocycles. The predicted octanol–water partition coefficient (Wildman–Crippen LogP) is 5.29. The van der Waals surface area contributed by atoms with Gasteiger partial charge in [0.2, 0.25) is 10.0 Å². The Kier molecular flexibility index (Phi) is 10.8. The molecule has 0 aromatic heterocycles. The number of carboxylic acids is 1. The van der Waals surface area contributed by atoms with Crippen molar-refractivity contribution in [2.45, 2.75) is 68.3 Å². The van der Waals surface area contributed by atoms with Gasteiger partial charge in [0.05, 0.1) is 4.90 Å². The molecular formula is C27H35ClN2O4S. The zero-order valence-corrected chi connectivity index (χ0v) is 21.6. The largest absolute Gasteiger partial charge is 0.481 e. The highest BCUT2D eigenvalue weighted by Gasteiger charge is 2.32. The van der Waals surface area contributed by atoms with Crippen LogP contribution in [-0.4, -0.2) is 49.6 Å². The Morgan fingerprint density at radius 2 is 1.80 bits per heavy atom. The number of hydrogen-bond acceptors (Lipinski definition) is 4. The number of unbranched alkanes of at least 4 members (excludes halogenated alkanes) is 3. The lowest BCUT2D eigenvalue weighted by Crippen LogP contribution is -2.37. The summed E-state index contributed by atoms with van der Waals surface area (Å²) in [6.07, 6.45) is 10.6. The molecule has 2 aromatic carbocycles. The third-order valence-electron chi connectivity index (χ3n) is 6.27. The van der Waals surface area contributed by atoms with Crippen molar-refractivity contribution in [1.82, 2.24) is 9.62 Å². The van der Waals surface area contributed by atoms with Crippen LogP contribution < -0.4 is 4.72 Å². The Morgan fingerprint density at radius 3 is 2.51 bits per heavy atom. The van der Waals surface area contributed by atoms with Crippen LogP contribution in [0.15, 0.2) is 71.6 Å². The summed E-state index contributed by atoms with van der Waals surface area (Å²) in [5.41, 5.74) is 1.35. The fourth-order valence-corrected chi connectivity index (χ4v) is 5.83. The number of carbonyl (C=O) groups is 1. The molecule has 1 aliphatic heterocycles. The van der Waals surface area contributed by atoms with Gasteiger partial charge < -0.3 is 5.11 Å². The first-order chi connectivity index (χ1) is 16.8. The van der Waals surface area contributed by atoms with Crippen LogP contribution in [0.5, 0.6) is 0 Å². The van der Waals surface area contributed by atoms with E-state index in [1.54, 1.807) is 12.1 Å². The number of benzene rings is 2. The molecule has 3 rings (SSSR count). The van der Waals surface area contributed by atoms with Crippen molar-refractivity contribution in [3.8, 4) is 0 Å². The van der Waals surface area contributed by atoms with Crippen molar-refractivity contribution >= 4 is 27.6 Å². The zero-order chi connectivity index (χ0) is 25.1. The van der Waals surface area contributed by atoms with Gasteiger partial charge in [0.25, 0.3) is 0 Å². The molecule has 1 aliphatic rings. The van der Waals surface area contributed by atoms with E-state index in [-0.39, 0.29) is 23.4 Å². The quantitative estimate of drug-likeness (QED) is 0.262. The van der Waals surface area contributed by atoms with Crippen molar-refractivity contribution in [1.29, 1.82) is 0 Å². The van der Waals surface area contributed by atoms with Gasteiger partial charge in [-0.15, -0.1) is 0 Å². The second kappa shape index (κ2) is 13.8. The van der Waals surface area contributed by atoms with Crippen LogP contribution in [0.4, 0.5) is 0 Å². The van der Waals surface area contributed by atoms with Crippen LogP contribution in [0.1, 0.15) is 50.5 Å². The normalized spacial score (nSPS) is 18.9. The Morgan fingerprint density at radius 1 is 1.06 bits per heavy atom.